The second-order valence-corrected chi connectivity index (χ2v) is 6.82. The lowest BCUT2D eigenvalue weighted by molar-refractivity contribution is -0.131. The molecule has 0 aromatic carbocycles. The topological polar surface area (TPSA) is 32.3 Å². The fourth-order valence-corrected chi connectivity index (χ4v) is 3.47. The normalized spacial score (nSPS) is 37.7. The van der Waals surface area contributed by atoms with Gasteiger partial charge >= 0.3 is 0 Å². The summed E-state index contributed by atoms with van der Waals surface area (Å²) in [4.78, 5) is 14.6. The quantitative estimate of drug-likeness (QED) is 0.848. The van der Waals surface area contributed by atoms with Gasteiger partial charge in [-0.25, -0.2) is 0 Å². The van der Waals surface area contributed by atoms with Crippen LogP contribution in [0.15, 0.2) is 0 Å². The monoisotopic (exact) mass is 266 g/mol. The average Bonchev–Trinajstić information content (AvgIpc) is 2.68. The Hall–Kier alpha value is -0.570. The molecule has 3 atom stereocenters. The van der Waals surface area contributed by atoms with Crippen molar-refractivity contribution >= 4 is 5.91 Å². The SMILES string of the molecule is CCC(C)C1NC(C)N(CC2CCC(C)CC2)C1=O. The van der Waals surface area contributed by atoms with Crippen LogP contribution in [0.2, 0.25) is 0 Å². The highest BCUT2D eigenvalue weighted by Crippen LogP contribution is 2.30. The summed E-state index contributed by atoms with van der Waals surface area (Å²) in [6, 6.07) is 0.0440. The van der Waals surface area contributed by atoms with E-state index in [4.69, 9.17) is 0 Å². The molecule has 1 amide bonds. The summed E-state index contributed by atoms with van der Waals surface area (Å²) in [7, 11) is 0. The molecule has 1 aliphatic heterocycles. The molecule has 3 nitrogen and oxygen atoms in total. The van der Waals surface area contributed by atoms with E-state index in [9.17, 15) is 4.79 Å². The van der Waals surface area contributed by atoms with E-state index in [1.807, 2.05) is 0 Å². The maximum Gasteiger partial charge on any atom is 0.241 e. The summed E-state index contributed by atoms with van der Waals surface area (Å²) in [5.41, 5.74) is 0. The Kier molecular flexibility index (Phi) is 4.88. The van der Waals surface area contributed by atoms with Crippen molar-refractivity contribution in [2.45, 2.75) is 72.0 Å². The van der Waals surface area contributed by atoms with E-state index < -0.39 is 0 Å². The van der Waals surface area contributed by atoms with E-state index in [2.05, 4.69) is 37.9 Å². The summed E-state index contributed by atoms with van der Waals surface area (Å²) in [6.45, 7) is 9.78. The van der Waals surface area contributed by atoms with E-state index in [1.165, 1.54) is 25.7 Å². The minimum absolute atomic E-state index is 0.0440. The molecule has 1 heterocycles. The molecule has 2 fully saturated rings. The number of hydrogen-bond acceptors (Lipinski definition) is 2. The minimum atomic E-state index is 0.0440. The number of nitrogens with zero attached hydrogens (tertiary/aromatic N) is 1. The Labute approximate surface area is 118 Å². The average molecular weight is 266 g/mol. The van der Waals surface area contributed by atoms with Crippen LogP contribution in [0.5, 0.6) is 0 Å². The molecule has 1 saturated carbocycles. The smallest absolute Gasteiger partial charge is 0.241 e. The van der Waals surface area contributed by atoms with E-state index in [1.54, 1.807) is 0 Å². The van der Waals surface area contributed by atoms with E-state index >= 15 is 0 Å². The van der Waals surface area contributed by atoms with Gasteiger partial charge in [0.1, 0.15) is 0 Å². The second-order valence-electron chi connectivity index (χ2n) is 6.82. The lowest BCUT2D eigenvalue weighted by Gasteiger charge is -2.31. The van der Waals surface area contributed by atoms with Gasteiger partial charge in [0, 0.05) is 6.54 Å². The van der Waals surface area contributed by atoms with Crippen LogP contribution in [-0.2, 0) is 4.79 Å². The molecule has 1 N–H and O–H groups in total. The fourth-order valence-electron chi connectivity index (χ4n) is 3.47. The molecular formula is C16H30N2O. The van der Waals surface area contributed by atoms with Gasteiger partial charge in [0.2, 0.25) is 5.91 Å². The van der Waals surface area contributed by atoms with E-state index in [0.29, 0.717) is 11.8 Å². The van der Waals surface area contributed by atoms with Gasteiger partial charge in [-0.05, 0) is 37.5 Å². The lowest BCUT2D eigenvalue weighted by atomic mass is 9.83. The predicted octanol–water partition coefficient (Wildman–Crippen LogP) is 3.01. The maximum absolute atomic E-state index is 12.5. The van der Waals surface area contributed by atoms with Crippen molar-refractivity contribution in [3.05, 3.63) is 0 Å². The van der Waals surface area contributed by atoms with Crippen molar-refractivity contribution in [1.82, 2.24) is 10.2 Å². The summed E-state index contributed by atoms with van der Waals surface area (Å²) < 4.78 is 0. The Morgan fingerprint density at radius 2 is 1.89 bits per heavy atom. The van der Waals surface area contributed by atoms with Gasteiger partial charge in [0.05, 0.1) is 12.2 Å². The van der Waals surface area contributed by atoms with Crippen LogP contribution in [0.4, 0.5) is 0 Å². The molecular weight excluding hydrogens is 236 g/mol. The molecule has 19 heavy (non-hydrogen) atoms. The molecule has 0 aromatic rings. The van der Waals surface area contributed by atoms with Crippen LogP contribution in [0.1, 0.15) is 59.8 Å². The zero-order valence-corrected chi connectivity index (χ0v) is 13.0. The summed E-state index contributed by atoms with van der Waals surface area (Å²) in [5.74, 6) is 2.38. The number of rotatable bonds is 4. The van der Waals surface area contributed by atoms with Gasteiger partial charge < -0.3 is 4.90 Å². The largest absolute Gasteiger partial charge is 0.326 e. The first-order chi connectivity index (χ1) is 9.02. The van der Waals surface area contributed by atoms with Crippen LogP contribution in [0.3, 0.4) is 0 Å². The second kappa shape index (κ2) is 6.25. The fraction of sp³-hybridized carbons (Fsp3) is 0.938. The Bertz CT molecular complexity index is 310. The Morgan fingerprint density at radius 1 is 1.26 bits per heavy atom. The summed E-state index contributed by atoms with van der Waals surface area (Å²) >= 11 is 0. The number of carbonyl (C=O) groups is 1. The first kappa shape index (κ1) is 14.8. The first-order valence-corrected chi connectivity index (χ1v) is 8.09. The van der Waals surface area contributed by atoms with Crippen LogP contribution in [0.25, 0.3) is 0 Å². The highest BCUT2D eigenvalue weighted by atomic mass is 16.2. The van der Waals surface area contributed by atoms with Crippen LogP contribution in [0, 0.1) is 17.8 Å². The Morgan fingerprint density at radius 3 is 2.47 bits per heavy atom. The summed E-state index contributed by atoms with van der Waals surface area (Å²) in [6.07, 6.45) is 6.54. The number of carbonyl (C=O) groups excluding carboxylic acids is 1. The van der Waals surface area contributed by atoms with Gasteiger partial charge in [-0.2, -0.15) is 0 Å². The third kappa shape index (κ3) is 3.31. The van der Waals surface area contributed by atoms with Crippen molar-refractivity contribution in [2.24, 2.45) is 17.8 Å². The van der Waals surface area contributed by atoms with E-state index in [-0.39, 0.29) is 12.2 Å². The lowest BCUT2D eigenvalue weighted by Crippen LogP contribution is -2.39. The molecule has 0 spiro atoms. The summed E-state index contributed by atoms with van der Waals surface area (Å²) in [5, 5.41) is 3.48. The van der Waals surface area contributed by atoms with Gasteiger partial charge in [-0.1, -0.05) is 40.0 Å². The van der Waals surface area contributed by atoms with Gasteiger partial charge in [0.25, 0.3) is 0 Å². The predicted molar refractivity (Wildman–Crippen MR) is 78.7 cm³/mol. The Balaban J connectivity index is 1.91. The highest BCUT2D eigenvalue weighted by molar-refractivity contribution is 5.84. The number of nitrogens with one attached hydrogen (secondary N) is 1. The molecule has 0 aromatic heterocycles. The van der Waals surface area contributed by atoms with Crippen molar-refractivity contribution in [3.63, 3.8) is 0 Å². The van der Waals surface area contributed by atoms with Crippen LogP contribution < -0.4 is 5.32 Å². The molecule has 2 rings (SSSR count). The van der Waals surface area contributed by atoms with Gasteiger partial charge in [-0.15, -0.1) is 0 Å². The van der Waals surface area contributed by atoms with Crippen molar-refractivity contribution < 1.29 is 4.79 Å². The standard InChI is InChI=1S/C16H30N2O/c1-5-12(3)15-16(19)18(13(4)17-15)10-14-8-6-11(2)7-9-14/h11-15,17H,5-10H2,1-4H3. The molecule has 1 saturated heterocycles. The first-order valence-electron chi connectivity index (χ1n) is 8.09. The van der Waals surface area contributed by atoms with Crippen LogP contribution >= 0.6 is 0 Å². The molecule has 0 radical (unpaired) electrons. The third-order valence-corrected chi connectivity index (χ3v) is 5.24. The minimum Gasteiger partial charge on any atom is -0.326 e. The zero-order valence-electron chi connectivity index (χ0n) is 13.0. The zero-order chi connectivity index (χ0) is 14.0. The van der Waals surface area contributed by atoms with Crippen molar-refractivity contribution in [1.29, 1.82) is 0 Å². The van der Waals surface area contributed by atoms with Crippen LogP contribution in [-0.4, -0.2) is 29.6 Å². The molecule has 110 valence electrons. The molecule has 3 unspecified atom stereocenters. The van der Waals surface area contributed by atoms with E-state index in [0.717, 1.165) is 24.8 Å². The molecule has 3 heteroatoms. The highest BCUT2D eigenvalue weighted by Gasteiger charge is 2.39. The van der Waals surface area contributed by atoms with Gasteiger partial charge in [0.15, 0.2) is 0 Å². The molecule has 1 aliphatic carbocycles. The van der Waals surface area contributed by atoms with Crippen molar-refractivity contribution in [3.8, 4) is 0 Å². The maximum atomic E-state index is 12.5. The molecule has 2 aliphatic rings. The van der Waals surface area contributed by atoms with Crippen molar-refractivity contribution in [2.75, 3.05) is 6.54 Å². The third-order valence-electron chi connectivity index (χ3n) is 5.24. The molecule has 0 bridgehead atoms. The number of hydrogen-bond donors (Lipinski definition) is 1. The van der Waals surface area contributed by atoms with Gasteiger partial charge in [-0.3, -0.25) is 10.1 Å². The number of amides is 1.